The molecule has 2 heterocycles. The van der Waals surface area contributed by atoms with Crippen LogP contribution in [0.5, 0.6) is 0 Å². The van der Waals surface area contributed by atoms with Gasteiger partial charge in [0.05, 0.1) is 5.02 Å². The molecule has 0 aliphatic heterocycles. The van der Waals surface area contributed by atoms with Crippen LogP contribution in [0.1, 0.15) is 4.88 Å². The molecule has 0 fully saturated rings. The van der Waals surface area contributed by atoms with Crippen molar-refractivity contribution in [3.63, 3.8) is 0 Å². The smallest absolute Gasteiger partial charge is 0.272 e. The van der Waals surface area contributed by atoms with Gasteiger partial charge in [-0.05, 0) is 49.4 Å². The van der Waals surface area contributed by atoms with Gasteiger partial charge in [0.15, 0.2) is 11.6 Å². The van der Waals surface area contributed by atoms with Gasteiger partial charge in [-0.3, -0.25) is 4.72 Å². The summed E-state index contributed by atoms with van der Waals surface area (Å²) in [5.74, 6) is -0.0711. The van der Waals surface area contributed by atoms with E-state index in [-0.39, 0.29) is 15.0 Å². The molecular formula is C15H12ClFN4O2S2. The average molecular weight is 399 g/mol. The lowest BCUT2D eigenvalue weighted by atomic mass is 10.3. The molecule has 0 unspecified atom stereocenters. The number of benzene rings is 1. The van der Waals surface area contributed by atoms with Crippen molar-refractivity contribution in [3.8, 4) is 0 Å². The molecule has 0 aliphatic rings. The van der Waals surface area contributed by atoms with Gasteiger partial charge in [0, 0.05) is 10.6 Å². The topological polar surface area (TPSA) is 84.0 Å². The number of halogens is 2. The Morgan fingerprint density at radius 3 is 2.40 bits per heavy atom. The van der Waals surface area contributed by atoms with Gasteiger partial charge in [-0.1, -0.05) is 11.6 Å². The number of sulfonamides is 1. The van der Waals surface area contributed by atoms with E-state index >= 15 is 0 Å². The molecule has 1 aromatic carbocycles. The van der Waals surface area contributed by atoms with Crippen molar-refractivity contribution in [3.05, 3.63) is 58.2 Å². The summed E-state index contributed by atoms with van der Waals surface area (Å²) < 4.78 is 40.2. The van der Waals surface area contributed by atoms with E-state index in [1.165, 1.54) is 41.7 Å². The third-order valence-corrected chi connectivity index (χ3v) is 6.21. The number of aryl methyl sites for hydroxylation is 1. The molecule has 3 aromatic rings. The van der Waals surface area contributed by atoms with Crippen LogP contribution in [0.25, 0.3) is 0 Å². The fourth-order valence-corrected chi connectivity index (χ4v) is 4.38. The van der Waals surface area contributed by atoms with E-state index in [0.29, 0.717) is 11.5 Å². The summed E-state index contributed by atoms with van der Waals surface area (Å²) in [4.78, 5) is 0.893. The van der Waals surface area contributed by atoms with Gasteiger partial charge in [0.25, 0.3) is 10.0 Å². The Labute approximate surface area is 152 Å². The molecule has 130 valence electrons. The van der Waals surface area contributed by atoms with E-state index < -0.39 is 15.8 Å². The quantitative estimate of drug-likeness (QED) is 0.673. The number of hydrogen-bond donors (Lipinski definition) is 2. The highest BCUT2D eigenvalue weighted by Gasteiger charge is 2.17. The first-order chi connectivity index (χ1) is 11.8. The molecule has 0 spiro atoms. The highest BCUT2D eigenvalue weighted by molar-refractivity contribution is 7.94. The minimum Gasteiger partial charge on any atom is -0.339 e. The number of hydrogen-bond acceptors (Lipinski definition) is 6. The molecule has 0 aliphatic carbocycles. The lowest BCUT2D eigenvalue weighted by Gasteiger charge is -2.07. The third-order valence-electron chi connectivity index (χ3n) is 3.08. The fourth-order valence-electron chi connectivity index (χ4n) is 1.92. The highest BCUT2D eigenvalue weighted by atomic mass is 35.5. The summed E-state index contributed by atoms with van der Waals surface area (Å²) >= 11 is 6.88. The van der Waals surface area contributed by atoms with Gasteiger partial charge in [-0.25, -0.2) is 12.8 Å². The molecule has 25 heavy (non-hydrogen) atoms. The van der Waals surface area contributed by atoms with Crippen LogP contribution in [0, 0.1) is 12.7 Å². The van der Waals surface area contributed by atoms with E-state index in [1.807, 2.05) is 6.92 Å². The lowest BCUT2D eigenvalue weighted by Crippen LogP contribution is -2.13. The van der Waals surface area contributed by atoms with E-state index in [4.69, 9.17) is 11.6 Å². The first kappa shape index (κ1) is 17.6. The minimum atomic E-state index is -3.69. The van der Waals surface area contributed by atoms with E-state index in [9.17, 15) is 12.8 Å². The molecule has 3 rings (SSSR count). The normalized spacial score (nSPS) is 11.3. The number of thiophene rings is 1. The maximum atomic E-state index is 13.1. The predicted molar refractivity (Wildman–Crippen MR) is 96.6 cm³/mol. The Balaban J connectivity index is 1.72. The van der Waals surface area contributed by atoms with Crippen molar-refractivity contribution in [2.75, 3.05) is 10.0 Å². The van der Waals surface area contributed by atoms with E-state index in [1.54, 1.807) is 12.1 Å². The van der Waals surface area contributed by atoms with Crippen LogP contribution in [0.4, 0.5) is 21.7 Å². The maximum Gasteiger partial charge on any atom is 0.272 e. The van der Waals surface area contributed by atoms with E-state index in [0.717, 1.165) is 4.88 Å². The van der Waals surface area contributed by atoms with Crippen LogP contribution in [0.15, 0.2) is 46.7 Å². The van der Waals surface area contributed by atoms with Crippen LogP contribution in [0.3, 0.4) is 0 Å². The number of rotatable bonds is 5. The average Bonchev–Trinajstić information content (AvgIpc) is 3.00. The molecule has 0 amide bonds. The SMILES string of the molecule is Cc1ccc(S(=O)(=O)Nc2ccc(Nc3ccc(F)c(Cl)c3)nn2)s1. The molecule has 0 saturated heterocycles. The Morgan fingerprint density at radius 1 is 1.08 bits per heavy atom. The third kappa shape index (κ3) is 4.25. The zero-order valence-electron chi connectivity index (χ0n) is 12.8. The standard InChI is InChI=1S/C15H12ClFN4O2S2/c1-9-2-7-15(24-9)25(22,23)21-14-6-5-13(19-20-14)18-10-3-4-12(17)11(16)8-10/h2-8H,1H3,(H,18,19)(H,20,21). The Bertz CT molecular complexity index is 1010. The molecular weight excluding hydrogens is 387 g/mol. The van der Waals surface area contributed by atoms with Crippen molar-refractivity contribution in [2.24, 2.45) is 0 Å². The minimum absolute atomic E-state index is 0.0198. The highest BCUT2D eigenvalue weighted by Crippen LogP contribution is 2.24. The van der Waals surface area contributed by atoms with Gasteiger partial charge in [0.1, 0.15) is 10.0 Å². The monoisotopic (exact) mass is 398 g/mol. The van der Waals surface area contributed by atoms with Crippen LogP contribution in [0.2, 0.25) is 5.02 Å². The van der Waals surface area contributed by atoms with Crippen LogP contribution in [-0.2, 0) is 10.0 Å². The maximum absolute atomic E-state index is 13.1. The summed E-state index contributed by atoms with van der Waals surface area (Å²) in [5, 5.41) is 10.6. The molecule has 0 radical (unpaired) electrons. The summed E-state index contributed by atoms with van der Waals surface area (Å²) in [6, 6.07) is 10.4. The van der Waals surface area contributed by atoms with Gasteiger partial charge in [-0.2, -0.15) is 0 Å². The number of aromatic nitrogens is 2. The van der Waals surface area contributed by atoms with Crippen molar-refractivity contribution >= 4 is 50.3 Å². The van der Waals surface area contributed by atoms with Crippen molar-refractivity contribution in [1.29, 1.82) is 0 Å². The molecule has 0 bridgehead atoms. The van der Waals surface area contributed by atoms with Gasteiger partial charge in [-0.15, -0.1) is 21.5 Å². The number of nitrogens with zero attached hydrogens (tertiary/aromatic N) is 2. The Hall–Kier alpha value is -2.23. The van der Waals surface area contributed by atoms with Crippen molar-refractivity contribution in [2.45, 2.75) is 11.1 Å². The van der Waals surface area contributed by atoms with Crippen molar-refractivity contribution < 1.29 is 12.8 Å². The molecule has 0 saturated carbocycles. The Morgan fingerprint density at radius 2 is 1.80 bits per heavy atom. The van der Waals surface area contributed by atoms with Crippen LogP contribution in [-0.4, -0.2) is 18.6 Å². The van der Waals surface area contributed by atoms with Gasteiger partial charge < -0.3 is 5.32 Å². The molecule has 10 heteroatoms. The fraction of sp³-hybridized carbons (Fsp3) is 0.0667. The van der Waals surface area contributed by atoms with Gasteiger partial charge >= 0.3 is 0 Å². The number of anilines is 3. The summed E-state index contributed by atoms with van der Waals surface area (Å²) in [6.45, 7) is 1.83. The van der Waals surface area contributed by atoms with Crippen molar-refractivity contribution in [1.82, 2.24) is 10.2 Å². The first-order valence-corrected chi connectivity index (χ1v) is 9.66. The predicted octanol–water partition coefficient (Wildman–Crippen LogP) is 4.18. The van der Waals surface area contributed by atoms with Crippen LogP contribution >= 0.6 is 22.9 Å². The first-order valence-electron chi connectivity index (χ1n) is 6.98. The zero-order chi connectivity index (χ0) is 18.0. The zero-order valence-corrected chi connectivity index (χ0v) is 15.2. The largest absolute Gasteiger partial charge is 0.339 e. The summed E-state index contributed by atoms with van der Waals surface area (Å²) in [7, 11) is -3.69. The summed E-state index contributed by atoms with van der Waals surface area (Å²) in [6.07, 6.45) is 0. The second-order valence-electron chi connectivity index (χ2n) is 5.03. The Kier molecular flexibility index (Phi) is 4.89. The molecule has 2 aromatic heterocycles. The molecule has 0 atom stereocenters. The van der Waals surface area contributed by atoms with Crippen LogP contribution < -0.4 is 10.0 Å². The number of nitrogens with one attached hydrogen (secondary N) is 2. The van der Waals surface area contributed by atoms with E-state index in [2.05, 4.69) is 20.2 Å². The van der Waals surface area contributed by atoms with Gasteiger partial charge in [0.2, 0.25) is 0 Å². The lowest BCUT2D eigenvalue weighted by molar-refractivity contribution is 0.603. The second kappa shape index (κ2) is 6.95. The molecule has 2 N–H and O–H groups in total. The second-order valence-corrected chi connectivity index (χ2v) is 8.63. The summed E-state index contributed by atoms with van der Waals surface area (Å²) in [5.41, 5.74) is 0.531. The molecule has 6 nitrogen and oxygen atoms in total.